The summed E-state index contributed by atoms with van der Waals surface area (Å²) in [5.74, 6) is 0. The molecular formula is C18H38O2. The first-order valence-electron chi connectivity index (χ1n) is 8.66. The van der Waals surface area contributed by atoms with Crippen LogP contribution in [-0.4, -0.2) is 26.9 Å². The molecule has 0 aliphatic carbocycles. The van der Waals surface area contributed by atoms with E-state index in [4.69, 9.17) is 9.47 Å². The summed E-state index contributed by atoms with van der Waals surface area (Å²) < 4.78 is 11.1. The maximum Gasteiger partial charge on any atom is 0.0857 e. The lowest BCUT2D eigenvalue weighted by molar-refractivity contribution is -0.0585. The number of rotatable bonds is 14. The Hall–Kier alpha value is -0.0800. The van der Waals surface area contributed by atoms with Crippen LogP contribution in [0.5, 0.6) is 0 Å². The van der Waals surface area contributed by atoms with Crippen molar-refractivity contribution in [3.05, 3.63) is 0 Å². The summed E-state index contributed by atoms with van der Waals surface area (Å²) in [4.78, 5) is 0. The molecular weight excluding hydrogens is 248 g/mol. The molecule has 0 bridgehead atoms. The summed E-state index contributed by atoms with van der Waals surface area (Å²) in [5.41, 5.74) is 0.270. The lowest BCUT2D eigenvalue weighted by Gasteiger charge is -2.37. The summed E-state index contributed by atoms with van der Waals surface area (Å²) in [6, 6.07) is 0. The van der Waals surface area contributed by atoms with Crippen molar-refractivity contribution < 1.29 is 9.47 Å². The fourth-order valence-electron chi connectivity index (χ4n) is 3.06. The Morgan fingerprint density at radius 3 is 1.65 bits per heavy atom. The highest BCUT2D eigenvalue weighted by molar-refractivity contribution is 4.83. The molecule has 0 N–H and O–H groups in total. The molecule has 0 aliphatic heterocycles. The molecule has 0 spiro atoms. The second-order valence-electron chi connectivity index (χ2n) is 6.46. The Kier molecular flexibility index (Phi) is 12.6. The SMILES string of the molecule is CCCCCCC(C)(CCCCCC)[C@@H](COC)OC. The minimum absolute atomic E-state index is 0.232. The van der Waals surface area contributed by atoms with Crippen LogP contribution in [0.2, 0.25) is 0 Å². The largest absolute Gasteiger partial charge is 0.382 e. The average molecular weight is 286 g/mol. The highest BCUT2D eigenvalue weighted by Crippen LogP contribution is 2.36. The molecule has 122 valence electrons. The van der Waals surface area contributed by atoms with Gasteiger partial charge in [-0.05, 0) is 18.3 Å². The van der Waals surface area contributed by atoms with Gasteiger partial charge >= 0.3 is 0 Å². The Labute approximate surface area is 127 Å². The zero-order valence-electron chi connectivity index (χ0n) is 14.7. The predicted molar refractivity (Wildman–Crippen MR) is 88.3 cm³/mol. The van der Waals surface area contributed by atoms with Gasteiger partial charge in [0.05, 0.1) is 12.7 Å². The molecule has 0 radical (unpaired) electrons. The average Bonchev–Trinajstić information content (AvgIpc) is 2.45. The van der Waals surface area contributed by atoms with E-state index in [1.54, 1.807) is 7.11 Å². The standard InChI is InChI=1S/C18H38O2/c1-6-8-10-12-14-18(3,15-13-11-9-7-2)17(20-5)16-19-4/h17H,6-16H2,1-5H3/t17-/m1/s1. The summed E-state index contributed by atoms with van der Waals surface area (Å²) >= 11 is 0. The molecule has 0 fully saturated rings. The molecule has 1 atom stereocenters. The third-order valence-corrected chi connectivity index (χ3v) is 4.58. The van der Waals surface area contributed by atoms with Crippen molar-refractivity contribution in [1.82, 2.24) is 0 Å². The second-order valence-corrected chi connectivity index (χ2v) is 6.46. The molecule has 0 rings (SSSR count). The fraction of sp³-hybridized carbons (Fsp3) is 1.00. The van der Waals surface area contributed by atoms with Gasteiger partial charge in [0, 0.05) is 14.2 Å². The highest BCUT2D eigenvalue weighted by Gasteiger charge is 2.33. The lowest BCUT2D eigenvalue weighted by Crippen LogP contribution is -2.37. The van der Waals surface area contributed by atoms with Crippen molar-refractivity contribution in [2.24, 2.45) is 5.41 Å². The minimum Gasteiger partial charge on any atom is -0.382 e. The maximum absolute atomic E-state index is 5.74. The van der Waals surface area contributed by atoms with Crippen LogP contribution in [0.1, 0.15) is 85.0 Å². The zero-order valence-corrected chi connectivity index (χ0v) is 14.7. The van der Waals surface area contributed by atoms with E-state index in [9.17, 15) is 0 Å². The van der Waals surface area contributed by atoms with Crippen LogP contribution >= 0.6 is 0 Å². The second kappa shape index (κ2) is 12.6. The number of methoxy groups -OCH3 is 2. The van der Waals surface area contributed by atoms with Crippen LogP contribution in [0.3, 0.4) is 0 Å². The van der Waals surface area contributed by atoms with E-state index in [1.165, 1.54) is 64.2 Å². The molecule has 0 aliphatic rings. The molecule has 0 aromatic rings. The van der Waals surface area contributed by atoms with E-state index in [-0.39, 0.29) is 11.5 Å². The van der Waals surface area contributed by atoms with Crippen molar-refractivity contribution in [2.75, 3.05) is 20.8 Å². The first-order valence-corrected chi connectivity index (χ1v) is 8.66. The molecule has 20 heavy (non-hydrogen) atoms. The topological polar surface area (TPSA) is 18.5 Å². The number of ether oxygens (including phenoxy) is 2. The van der Waals surface area contributed by atoms with E-state index in [0.29, 0.717) is 6.61 Å². The monoisotopic (exact) mass is 286 g/mol. The smallest absolute Gasteiger partial charge is 0.0857 e. The quantitative estimate of drug-likeness (QED) is 0.387. The van der Waals surface area contributed by atoms with Gasteiger partial charge in [-0.1, -0.05) is 72.1 Å². The normalized spacial score (nSPS) is 13.7. The molecule has 0 heterocycles. The zero-order chi connectivity index (χ0) is 15.3. The van der Waals surface area contributed by atoms with Gasteiger partial charge in [-0.2, -0.15) is 0 Å². The van der Waals surface area contributed by atoms with Gasteiger partial charge in [0.25, 0.3) is 0 Å². The number of hydrogen-bond acceptors (Lipinski definition) is 2. The Morgan fingerprint density at radius 2 is 1.30 bits per heavy atom. The predicted octanol–water partition coefficient (Wildman–Crippen LogP) is 5.59. The van der Waals surface area contributed by atoms with E-state index in [2.05, 4.69) is 20.8 Å². The molecule has 0 amide bonds. The van der Waals surface area contributed by atoms with Crippen molar-refractivity contribution >= 4 is 0 Å². The van der Waals surface area contributed by atoms with Gasteiger partial charge in [0.15, 0.2) is 0 Å². The van der Waals surface area contributed by atoms with Gasteiger partial charge in [-0.15, -0.1) is 0 Å². The minimum atomic E-state index is 0.232. The van der Waals surface area contributed by atoms with Crippen molar-refractivity contribution in [2.45, 2.75) is 91.1 Å². The van der Waals surface area contributed by atoms with E-state index in [0.717, 1.165) is 0 Å². The Bertz CT molecular complexity index is 192. The highest BCUT2D eigenvalue weighted by atomic mass is 16.5. The summed E-state index contributed by atoms with van der Waals surface area (Å²) in [6.07, 6.45) is 13.4. The number of unbranched alkanes of at least 4 members (excludes halogenated alkanes) is 6. The fourth-order valence-corrected chi connectivity index (χ4v) is 3.06. The molecule has 2 nitrogen and oxygen atoms in total. The van der Waals surface area contributed by atoms with Crippen LogP contribution in [0.15, 0.2) is 0 Å². The van der Waals surface area contributed by atoms with Crippen molar-refractivity contribution in [3.63, 3.8) is 0 Å². The third-order valence-electron chi connectivity index (χ3n) is 4.58. The summed E-state index contributed by atoms with van der Waals surface area (Å²) in [6.45, 7) is 7.66. The molecule has 0 unspecified atom stereocenters. The maximum atomic E-state index is 5.74. The first-order chi connectivity index (χ1) is 9.64. The van der Waals surface area contributed by atoms with Crippen LogP contribution in [0, 0.1) is 5.41 Å². The van der Waals surface area contributed by atoms with E-state index in [1.807, 2.05) is 7.11 Å². The molecule has 2 heteroatoms. The van der Waals surface area contributed by atoms with E-state index < -0.39 is 0 Å². The van der Waals surface area contributed by atoms with Gasteiger partial charge in [-0.3, -0.25) is 0 Å². The van der Waals surface area contributed by atoms with Crippen LogP contribution in [0.4, 0.5) is 0 Å². The Morgan fingerprint density at radius 1 is 0.800 bits per heavy atom. The van der Waals surface area contributed by atoms with Crippen molar-refractivity contribution in [3.8, 4) is 0 Å². The number of hydrogen-bond donors (Lipinski definition) is 0. The molecule has 0 saturated heterocycles. The Balaban J connectivity index is 4.38. The van der Waals surface area contributed by atoms with Gasteiger partial charge in [0.1, 0.15) is 0 Å². The molecule has 0 aromatic heterocycles. The van der Waals surface area contributed by atoms with E-state index >= 15 is 0 Å². The lowest BCUT2D eigenvalue weighted by atomic mass is 9.75. The first kappa shape index (κ1) is 19.9. The van der Waals surface area contributed by atoms with Crippen LogP contribution in [0.25, 0.3) is 0 Å². The summed E-state index contributed by atoms with van der Waals surface area (Å²) in [5, 5.41) is 0. The van der Waals surface area contributed by atoms with Gasteiger partial charge < -0.3 is 9.47 Å². The van der Waals surface area contributed by atoms with Gasteiger partial charge in [-0.25, -0.2) is 0 Å². The molecule has 0 saturated carbocycles. The van der Waals surface area contributed by atoms with Crippen LogP contribution in [-0.2, 0) is 9.47 Å². The van der Waals surface area contributed by atoms with Gasteiger partial charge in [0.2, 0.25) is 0 Å². The van der Waals surface area contributed by atoms with Crippen molar-refractivity contribution in [1.29, 1.82) is 0 Å². The van der Waals surface area contributed by atoms with Crippen LogP contribution < -0.4 is 0 Å². The summed E-state index contributed by atoms with van der Waals surface area (Å²) in [7, 11) is 3.61. The third kappa shape index (κ3) is 8.26. The molecule has 0 aromatic carbocycles.